The molecule has 0 saturated heterocycles. The Morgan fingerprint density at radius 3 is 2.43 bits per heavy atom. The SMILES string of the molecule is CO.Cc1c(O)c(O)cc2c1[C@H](c1c[nH]c3cc(F)ccc13)C=C1[C@@]2(C)CC[C@@]2(C)[C@@H]3C[C@@H](C)CC[C@]3(C)CC[C@]12C. The highest BCUT2D eigenvalue weighted by molar-refractivity contribution is 5.85. The molecule has 4 N–H and O–H groups in total. The summed E-state index contributed by atoms with van der Waals surface area (Å²) < 4.78 is 14.1. The Morgan fingerprint density at radius 1 is 0.952 bits per heavy atom. The van der Waals surface area contributed by atoms with E-state index >= 15 is 0 Å². The van der Waals surface area contributed by atoms with E-state index in [4.69, 9.17) is 5.11 Å². The summed E-state index contributed by atoms with van der Waals surface area (Å²) in [4.78, 5) is 3.32. The molecule has 226 valence electrons. The highest BCUT2D eigenvalue weighted by Gasteiger charge is 2.65. The molecule has 4 aliphatic rings. The second-order valence-corrected chi connectivity index (χ2v) is 15.0. The van der Waals surface area contributed by atoms with E-state index in [2.05, 4.69) is 45.7 Å². The van der Waals surface area contributed by atoms with Gasteiger partial charge in [-0.05, 0) is 120 Å². The summed E-state index contributed by atoms with van der Waals surface area (Å²) in [6.07, 6.45) is 13.2. The lowest BCUT2D eigenvalue weighted by atomic mass is 9.35. The summed E-state index contributed by atoms with van der Waals surface area (Å²) in [5.41, 5.74) is 6.77. The Kier molecular flexibility index (Phi) is 6.70. The maximum atomic E-state index is 14.1. The summed E-state index contributed by atoms with van der Waals surface area (Å²) in [5.74, 6) is 1.05. The first-order valence-electron chi connectivity index (χ1n) is 15.8. The molecule has 42 heavy (non-hydrogen) atoms. The van der Waals surface area contributed by atoms with E-state index in [0.717, 1.165) is 52.6 Å². The molecular weight excluding hydrogens is 525 g/mol. The number of aromatic amines is 1. The Morgan fingerprint density at radius 2 is 1.69 bits per heavy atom. The van der Waals surface area contributed by atoms with Gasteiger partial charge in [0.15, 0.2) is 11.5 Å². The van der Waals surface area contributed by atoms with Gasteiger partial charge in [-0.3, -0.25) is 0 Å². The molecule has 0 amide bonds. The molecule has 3 fully saturated rings. The van der Waals surface area contributed by atoms with Gasteiger partial charge in [0.2, 0.25) is 0 Å². The van der Waals surface area contributed by atoms with E-state index in [1.54, 1.807) is 6.07 Å². The zero-order valence-electron chi connectivity index (χ0n) is 26.4. The average molecular weight is 574 g/mol. The van der Waals surface area contributed by atoms with Crippen molar-refractivity contribution >= 4 is 10.9 Å². The fraction of sp³-hybridized carbons (Fsp3) is 0.568. The number of phenols is 2. The third kappa shape index (κ3) is 3.74. The third-order valence-corrected chi connectivity index (χ3v) is 13.1. The summed E-state index contributed by atoms with van der Waals surface area (Å²) >= 11 is 0. The van der Waals surface area contributed by atoms with Crippen molar-refractivity contribution in [2.24, 2.45) is 28.1 Å². The van der Waals surface area contributed by atoms with Crippen molar-refractivity contribution in [3.8, 4) is 11.5 Å². The van der Waals surface area contributed by atoms with Gasteiger partial charge in [0.1, 0.15) is 5.82 Å². The van der Waals surface area contributed by atoms with E-state index in [-0.39, 0.29) is 39.5 Å². The molecule has 7 atom stereocenters. The molecule has 4 aliphatic carbocycles. The Balaban J connectivity index is 0.00000155. The van der Waals surface area contributed by atoms with E-state index in [1.807, 2.05) is 25.3 Å². The van der Waals surface area contributed by atoms with Crippen LogP contribution in [-0.2, 0) is 5.41 Å². The molecule has 5 heteroatoms. The normalized spacial score (nSPS) is 37.0. The number of allylic oxidation sites excluding steroid dienone is 2. The molecule has 0 spiro atoms. The number of hydrogen-bond acceptors (Lipinski definition) is 3. The van der Waals surface area contributed by atoms with Gasteiger partial charge in [-0.2, -0.15) is 0 Å². The minimum absolute atomic E-state index is 0.0246. The molecule has 3 aromatic rings. The van der Waals surface area contributed by atoms with Crippen LogP contribution in [0, 0.1) is 40.8 Å². The number of benzene rings is 2. The van der Waals surface area contributed by atoms with E-state index in [1.165, 1.54) is 50.2 Å². The van der Waals surface area contributed by atoms with Crippen molar-refractivity contribution < 1.29 is 19.7 Å². The molecule has 1 aromatic heterocycles. The minimum Gasteiger partial charge on any atom is -0.504 e. The molecular formula is C37H48FNO3. The van der Waals surface area contributed by atoms with Gasteiger partial charge in [-0.1, -0.05) is 52.7 Å². The first-order valence-corrected chi connectivity index (χ1v) is 15.8. The average Bonchev–Trinajstić information content (AvgIpc) is 3.38. The van der Waals surface area contributed by atoms with Crippen LogP contribution in [0.15, 0.2) is 42.1 Å². The fourth-order valence-electron chi connectivity index (χ4n) is 10.4. The van der Waals surface area contributed by atoms with Crippen LogP contribution in [0.4, 0.5) is 4.39 Å². The molecule has 3 saturated carbocycles. The van der Waals surface area contributed by atoms with Gasteiger partial charge in [0.25, 0.3) is 0 Å². The summed E-state index contributed by atoms with van der Waals surface area (Å²) in [6.45, 7) is 14.5. The second kappa shape index (κ2) is 9.61. The van der Waals surface area contributed by atoms with E-state index in [9.17, 15) is 14.6 Å². The Hall–Kier alpha value is -2.79. The largest absolute Gasteiger partial charge is 0.504 e. The fourth-order valence-corrected chi connectivity index (χ4v) is 10.4. The summed E-state index contributed by atoms with van der Waals surface area (Å²) in [6, 6.07) is 6.83. The molecule has 4 nitrogen and oxygen atoms in total. The van der Waals surface area contributed by atoms with Crippen LogP contribution >= 0.6 is 0 Å². The maximum Gasteiger partial charge on any atom is 0.160 e. The number of aliphatic hydroxyl groups is 1. The highest BCUT2D eigenvalue weighted by atomic mass is 19.1. The zero-order valence-corrected chi connectivity index (χ0v) is 26.4. The molecule has 0 bridgehead atoms. The lowest BCUT2D eigenvalue weighted by Gasteiger charge is -2.69. The van der Waals surface area contributed by atoms with Crippen molar-refractivity contribution in [3.05, 3.63) is 70.2 Å². The number of H-pyrrole nitrogens is 1. The van der Waals surface area contributed by atoms with Crippen LogP contribution in [-0.4, -0.2) is 27.4 Å². The van der Waals surface area contributed by atoms with Gasteiger partial charge < -0.3 is 20.3 Å². The number of phenolic OH excluding ortho intramolecular Hbond substituents is 2. The lowest BCUT2D eigenvalue weighted by molar-refractivity contribution is -0.145. The van der Waals surface area contributed by atoms with Gasteiger partial charge in [-0.25, -0.2) is 4.39 Å². The smallest absolute Gasteiger partial charge is 0.160 e. The standard InChI is InChI=1S/C36H44FNO2.CH4O/c1-20-9-10-33(3)11-13-36(6)30-17-24(25-19-38-27-16-22(37)7-8-23(25)27)31-21(2)32(40)28(39)18-26(31)34(30,4)12-14-35(36,5)29(33)15-20;1-2/h7-8,16-20,24,29,38-40H,9-15H2,1-6H3;2H,1H3/t20-,24-,29+,33+,34-,35-,36+;/m0./s1. The van der Waals surface area contributed by atoms with Gasteiger partial charge in [0.05, 0.1) is 0 Å². The first-order chi connectivity index (χ1) is 19.8. The lowest BCUT2D eigenvalue weighted by Crippen LogP contribution is -2.61. The molecule has 0 radical (unpaired) electrons. The van der Waals surface area contributed by atoms with Crippen molar-refractivity contribution in [2.45, 2.75) is 97.8 Å². The van der Waals surface area contributed by atoms with Crippen molar-refractivity contribution in [1.82, 2.24) is 4.98 Å². The maximum absolute atomic E-state index is 14.1. The van der Waals surface area contributed by atoms with Crippen LogP contribution in [0.2, 0.25) is 0 Å². The van der Waals surface area contributed by atoms with Crippen LogP contribution in [0.1, 0.15) is 108 Å². The first kappa shape index (κ1) is 29.3. The highest BCUT2D eigenvalue weighted by Crippen LogP contribution is 2.74. The van der Waals surface area contributed by atoms with Crippen molar-refractivity contribution in [3.63, 3.8) is 0 Å². The third-order valence-electron chi connectivity index (χ3n) is 13.1. The predicted molar refractivity (Wildman–Crippen MR) is 167 cm³/mol. The van der Waals surface area contributed by atoms with Crippen LogP contribution in [0.3, 0.4) is 0 Å². The number of aliphatic hydroxyl groups excluding tert-OH is 1. The predicted octanol–water partition coefficient (Wildman–Crippen LogP) is 9.01. The molecule has 2 aromatic carbocycles. The molecule has 7 rings (SSSR count). The molecule has 0 unspecified atom stereocenters. The van der Waals surface area contributed by atoms with Gasteiger partial charge in [-0.15, -0.1) is 0 Å². The van der Waals surface area contributed by atoms with Crippen molar-refractivity contribution in [1.29, 1.82) is 0 Å². The zero-order chi connectivity index (χ0) is 30.4. The van der Waals surface area contributed by atoms with Gasteiger partial charge in [0, 0.05) is 35.5 Å². The Bertz CT molecular complexity index is 1590. The second-order valence-electron chi connectivity index (χ2n) is 15.0. The van der Waals surface area contributed by atoms with Gasteiger partial charge >= 0.3 is 0 Å². The number of nitrogens with one attached hydrogen (secondary N) is 1. The quantitative estimate of drug-likeness (QED) is 0.173. The molecule has 1 heterocycles. The monoisotopic (exact) mass is 573 g/mol. The number of aromatic nitrogens is 1. The van der Waals surface area contributed by atoms with Crippen LogP contribution in [0.25, 0.3) is 10.9 Å². The Labute approximate surface area is 250 Å². The van der Waals surface area contributed by atoms with E-state index < -0.39 is 0 Å². The summed E-state index contributed by atoms with van der Waals surface area (Å²) in [5, 5.41) is 29.9. The number of aromatic hydroxyl groups is 2. The number of rotatable bonds is 1. The summed E-state index contributed by atoms with van der Waals surface area (Å²) in [7, 11) is 1.00. The van der Waals surface area contributed by atoms with Crippen LogP contribution in [0.5, 0.6) is 11.5 Å². The number of fused-ring (bicyclic) bond motifs is 8. The number of hydrogen-bond donors (Lipinski definition) is 4. The molecule has 0 aliphatic heterocycles. The minimum atomic E-state index is -0.253. The van der Waals surface area contributed by atoms with E-state index in [0.29, 0.717) is 11.3 Å². The topological polar surface area (TPSA) is 76.5 Å². The number of halogens is 1. The van der Waals surface area contributed by atoms with Crippen molar-refractivity contribution in [2.75, 3.05) is 7.11 Å². The van der Waals surface area contributed by atoms with Crippen LogP contribution < -0.4 is 0 Å².